The van der Waals surface area contributed by atoms with E-state index in [1.807, 2.05) is 38.1 Å². The highest BCUT2D eigenvalue weighted by atomic mass is 16.6. The molecule has 1 aliphatic rings. The first-order valence-corrected chi connectivity index (χ1v) is 17.0. The van der Waals surface area contributed by atoms with Crippen LogP contribution in [0.15, 0.2) is 48.5 Å². The van der Waals surface area contributed by atoms with Crippen LogP contribution in [0.1, 0.15) is 111 Å². The third-order valence-corrected chi connectivity index (χ3v) is 9.25. The Kier molecular flexibility index (Phi) is 9.87. The number of phenols is 2. The molecule has 10 heteroatoms. The average Bonchev–Trinajstić information content (AvgIpc) is 3.01. The normalized spacial score (nSPS) is 13.1. The molecule has 0 saturated heterocycles. The zero-order valence-electron chi connectivity index (χ0n) is 30.1. The topological polar surface area (TPSA) is 145 Å². The van der Waals surface area contributed by atoms with Crippen LogP contribution in [-0.4, -0.2) is 33.3 Å². The van der Waals surface area contributed by atoms with Gasteiger partial charge in [-0.1, -0.05) is 65.8 Å². The minimum Gasteiger partial charge on any atom is -0.507 e. The quantitative estimate of drug-likeness (QED) is 0.133. The van der Waals surface area contributed by atoms with Gasteiger partial charge >= 0.3 is 0 Å². The van der Waals surface area contributed by atoms with E-state index in [9.17, 15) is 30.4 Å². The van der Waals surface area contributed by atoms with E-state index in [1.165, 1.54) is 24.3 Å². The molecule has 0 aromatic heterocycles. The maximum absolute atomic E-state index is 12.3. The SMILES string of the molecule is CCOc1c2cc(C(C)(C)C)cc1Cc1cc([N+](=O)[O-])cc(c1O)Cc1cc(C(C)(C)C)cc(c1OCC)Cc1cc([N+](=O)[O-])cc(c1O)C2. The monoisotopic (exact) mass is 682 g/mol. The van der Waals surface area contributed by atoms with E-state index in [1.54, 1.807) is 0 Å². The summed E-state index contributed by atoms with van der Waals surface area (Å²) in [6.07, 6.45) is 0.462. The molecule has 4 aromatic carbocycles. The Labute approximate surface area is 293 Å². The van der Waals surface area contributed by atoms with Gasteiger partial charge in [0, 0.05) is 72.2 Å². The Balaban J connectivity index is 1.93. The van der Waals surface area contributed by atoms with Crippen LogP contribution in [0.3, 0.4) is 0 Å². The summed E-state index contributed by atoms with van der Waals surface area (Å²) in [4.78, 5) is 23.7. The third-order valence-electron chi connectivity index (χ3n) is 9.25. The Bertz CT molecular complexity index is 1750. The number of aromatic hydroxyl groups is 2. The van der Waals surface area contributed by atoms with Gasteiger partial charge < -0.3 is 19.7 Å². The number of fused-ring (bicyclic) bond motifs is 8. The fourth-order valence-corrected chi connectivity index (χ4v) is 6.61. The van der Waals surface area contributed by atoms with Crippen LogP contribution in [0.25, 0.3) is 0 Å². The van der Waals surface area contributed by atoms with Gasteiger partial charge in [0.1, 0.15) is 23.0 Å². The van der Waals surface area contributed by atoms with Crippen molar-refractivity contribution in [2.24, 2.45) is 0 Å². The maximum Gasteiger partial charge on any atom is 0.270 e. The van der Waals surface area contributed by atoms with E-state index in [0.717, 1.165) is 11.1 Å². The first-order valence-electron chi connectivity index (χ1n) is 17.0. The van der Waals surface area contributed by atoms with Gasteiger partial charge in [0.05, 0.1) is 23.1 Å². The van der Waals surface area contributed by atoms with Crippen LogP contribution in [0.5, 0.6) is 23.0 Å². The zero-order valence-corrected chi connectivity index (χ0v) is 30.1. The van der Waals surface area contributed by atoms with Crippen molar-refractivity contribution < 1.29 is 29.5 Å². The molecule has 1 aliphatic carbocycles. The second-order valence-electron chi connectivity index (χ2n) is 15.1. The molecule has 0 saturated carbocycles. The minimum atomic E-state index is -0.451. The molecule has 50 heavy (non-hydrogen) atoms. The van der Waals surface area contributed by atoms with Gasteiger partial charge in [-0.05, 0) is 58.1 Å². The lowest BCUT2D eigenvalue weighted by Crippen LogP contribution is -2.15. The number of hydrogen-bond donors (Lipinski definition) is 2. The average molecular weight is 683 g/mol. The zero-order chi connectivity index (χ0) is 36.7. The number of benzene rings is 4. The Hall–Kier alpha value is -5.12. The van der Waals surface area contributed by atoms with Crippen molar-refractivity contribution in [2.45, 2.75) is 91.9 Å². The summed E-state index contributed by atoms with van der Waals surface area (Å²) in [7, 11) is 0. The van der Waals surface area contributed by atoms with Crippen LogP contribution in [0.4, 0.5) is 11.4 Å². The molecule has 0 spiro atoms. The summed E-state index contributed by atoms with van der Waals surface area (Å²) in [5.41, 5.74) is 5.18. The molecule has 0 fully saturated rings. The van der Waals surface area contributed by atoms with Crippen LogP contribution >= 0.6 is 0 Å². The molecule has 0 unspecified atom stereocenters. The van der Waals surface area contributed by atoms with Crippen molar-refractivity contribution in [3.63, 3.8) is 0 Å². The molecular formula is C40H46N2O8. The van der Waals surface area contributed by atoms with Crippen LogP contribution in [0.2, 0.25) is 0 Å². The van der Waals surface area contributed by atoms with E-state index < -0.39 is 9.85 Å². The first-order chi connectivity index (χ1) is 23.4. The fourth-order valence-electron chi connectivity index (χ4n) is 6.61. The van der Waals surface area contributed by atoms with Gasteiger partial charge in [0.2, 0.25) is 0 Å². The Morgan fingerprint density at radius 2 is 0.800 bits per heavy atom. The summed E-state index contributed by atoms with van der Waals surface area (Å²) < 4.78 is 12.5. The van der Waals surface area contributed by atoms with Crippen molar-refractivity contribution in [3.8, 4) is 23.0 Å². The fraction of sp³-hybridized carbons (Fsp3) is 0.400. The largest absolute Gasteiger partial charge is 0.507 e. The number of phenolic OH excluding ortho intramolecular Hbond substituents is 2. The van der Waals surface area contributed by atoms with Crippen molar-refractivity contribution in [2.75, 3.05) is 13.2 Å². The number of rotatable bonds is 6. The smallest absolute Gasteiger partial charge is 0.270 e. The van der Waals surface area contributed by atoms with Crippen LogP contribution in [0, 0.1) is 20.2 Å². The number of nitrogens with zero attached hydrogens (tertiary/aromatic N) is 2. The molecule has 0 atom stereocenters. The summed E-state index contributed by atoms with van der Waals surface area (Å²) in [6.45, 7) is 16.7. The Morgan fingerprint density at radius 3 is 1.00 bits per heavy atom. The first kappa shape index (κ1) is 36.2. The molecule has 264 valence electrons. The molecule has 0 aliphatic heterocycles. The van der Waals surface area contributed by atoms with E-state index in [0.29, 0.717) is 69.2 Å². The van der Waals surface area contributed by atoms with Crippen LogP contribution in [-0.2, 0) is 36.5 Å². The molecule has 0 radical (unpaired) electrons. The van der Waals surface area contributed by atoms with Crippen molar-refractivity contribution in [1.82, 2.24) is 0 Å². The lowest BCUT2D eigenvalue weighted by atomic mass is 9.81. The van der Waals surface area contributed by atoms with E-state index in [-0.39, 0.29) is 59.4 Å². The molecule has 0 amide bonds. The summed E-state index contributed by atoms with van der Waals surface area (Å²) in [6, 6.07) is 13.6. The number of nitro groups is 2. The van der Waals surface area contributed by atoms with Gasteiger partial charge in [-0.2, -0.15) is 0 Å². The highest BCUT2D eigenvalue weighted by Gasteiger charge is 2.28. The van der Waals surface area contributed by atoms with Gasteiger partial charge in [-0.25, -0.2) is 0 Å². The van der Waals surface area contributed by atoms with Crippen molar-refractivity contribution in [1.29, 1.82) is 0 Å². The highest BCUT2D eigenvalue weighted by molar-refractivity contribution is 5.60. The van der Waals surface area contributed by atoms with Crippen LogP contribution < -0.4 is 9.47 Å². The minimum absolute atomic E-state index is 0.0449. The van der Waals surface area contributed by atoms with Crippen molar-refractivity contribution in [3.05, 3.63) is 124 Å². The second kappa shape index (κ2) is 13.7. The van der Waals surface area contributed by atoms with E-state index in [2.05, 4.69) is 41.5 Å². The molecule has 0 heterocycles. The summed E-state index contributed by atoms with van der Waals surface area (Å²) in [5, 5.41) is 48.3. The van der Waals surface area contributed by atoms with E-state index in [4.69, 9.17) is 9.47 Å². The van der Waals surface area contributed by atoms with Gasteiger partial charge in [0.25, 0.3) is 11.4 Å². The lowest BCUT2D eigenvalue weighted by molar-refractivity contribution is -0.385. The van der Waals surface area contributed by atoms with Gasteiger partial charge in [0.15, 0.2) is 0 Å². The lowest BCUT2D eigenvalue weighted by Gasteiger charge is -2.26. The predicted molar refractivity (Wildman–Crippen MR) is 193 cm³/mol. The molecule has 8 bridgehead atoms. The molecule has 4 aromatic rings. The molecule has 5 rings (SSSR count). The number of nitro benzene ring substituents is 2. The summed E-state index contributed by atoms with van der Waals surface area (Å²) in [5.74, 6) is 0.922. The van der Waals surface area contributed by atoms with Gasteiger partial charge in [-0.15, -0.1) is 0 Å². The molecule has 2 N–H and O–H groups in total. The number of non-ortho nitro benzene ring substituents is 2. The van der Waals surface area contributed by atoms with Crippen molar-refractivity contribution >= 4 is 11.4 Å². The second-order valence-corrected chi connectivity index (χ2v) is 15.1. The number of ether oxygens (including phenoxy) is 2. The standard InChI is InChI=1S/C40H46N2O8/c1-9-49-37-27-11-23-19-33(41(45)46)21-25(35(23)43)13-29-17-32(40(6,7)8)18-30(38(29)50-10-2)14-26-22-34(42(47)48)20-24(36(26)44)12-28(37)16-31(15-27)39(3,4)5/h15-22,43-44H,9-14H2,1-8H3. The Morgan fingerprint density at radius 1 is 0.540 bits per heavy atom. The maximum atomic E-state index is 12.3. The predicted octanol–water partition coefficient (Wildman–Crippen LogP) is 8.98. The molecule has 10 nitrogen and oxygen atoms in total. The number of hydrogen-bond acceptors (Lipinski definition) is 8. The summed E-state index contributed by atoms with van der Waals surface area (Å²) >= 11 is 0. The van der Waals surface area contributed by atoms with E-state index >= 15 is 0 Å². The third kappa shape index (κ3) is 7.39. The molecular weight excluding hydrogens is 636 g/mol. The van der Waals surface area contributed by atoms with Gasteiger partial charge in [-0.3, -0.25) is 20.2 Å². The highest BCUT2D eigenvalue weighted by Crippen LogP contribution is 2.43.